The number of carbonyl (C=O) groups excluding carboxylic acids is 2. The Morgan fingerprint density at radius 2 is 1.48 bits per heavy atom. The van der Waals surface area contributed by atoms with Gasteiger partial charge in [0.05, 0.1) is 16.3 Å². The molecule has 148 valence electrons. The van der Waals surface area contributed by atoms with Crippen molar-refractivity contribution in [1.82, 2.24) is 0 Å². The molecule has 0 aliphatic heterocycles. The molecule has 0 spiro atoms. The van der Waals surface area contributed by atoms with Crippen LogP contribution >= 0.6 is 46.6 Å². The highest BCUT2D eigenvalue weighted by Crippen LogP contribution is 2.25. The summed E-state index contributed by atoms with van der Waals surface area (Å²) >= 11 is 19.2. The number of carbonyl (C=O) groups is 2. The molecule has 0 radical (unpaired) electrons. The molecule has 0 aliphatic rings. The van der Waals surface area contributed by atoms with Gasteiger partial charge in [0.15, 0.2) is 0 Å². The number of hydrogen-bond acceptors (Lipinski definition) is 3. The Morgan fingerprint density at radius 3 is 2.21 bits per heavy atom. The van der Waals surface area contributed by atoms with E-state index in [0.717, 1.165) is 4.90 Å². The van der Waals surface area contributed by atoms with Crippen LogP contribution in [0.4, 0.5) is 11.4 Å². The van der Waals surface area contributed by atoms with Gasteiger partial charge >= 0.3 is 0 Å². The molecule has 0 unspecified atom stereocenters. The summed E-state index contributed by atoms with van der Waals surface area (Å²) in [5.74, 6) is -0.278. The van der Waals surface area contributed by atoms with Crippen molar-refractivity contribution in [2.75, 3.05) is 16.4 Å². The molecule has 0 heterocycles. The van der Waals surface area contributed by atoms with Gasteiger partial charge < -0.3 is 10.6 Å². The molecule has 29 heavy (non-hydrogen) atoms. The lowest BCUT2D eigenvalue weighted by Crippen LogP contribution is -2.14. The minimum atomic E-state index is -0.340. The highest BCUT2D eigenvalue weighted by atomic mass is 35.5. The van der Waals surface area contributed by atoms with E-state index in [9.17, 15) is 9.59 Å². The predicted molar refractivity (Wildman–Crippen MR) is 122 cm³/mol. The molecule has 0 fully saturated rings. The molecule has 3 aromatic carbocycles. The Labute approximate surface area is 187 Å². The van der Waals surface area contributed by atoms with Crippen molar-refractivity contribution in [3.8, 4) is 0 Å². The Balaban J connectivity index is 1.59. The fourth-order valence-corrected chi connectivity index (χ4v) is 3.89. The number of thioether (sulfide) groups is 1. The van der Waals surface area contributed by atoms with E-state index >= 15 is 0 Å². The van der Waals surface area contributed by atoms with Gasteiger partial charge in [0.2, 0.25) is 5.91 Å². The maximum Gasteiger partial charge on any atom is 0.257 e. The van der Waals surface area contributed by atoms with Gasteiger partial charge in [0, 0.05) is 26.3 Å². The van der Waals surface area contributed by atoms with Crippen LogP contribution in [0.1, 0.15) is 10.4 Å². The van der Waals surface area contributed by atoms with Gasteiger partial charge in [-0.3, -0.25) is 9.59 Å². The fourth-order valence-electron chi connectivity index (χ4n) is 2.45. The Bertz CT molecular complexity index is 1060. The summed E-state index contributed by atoms with van der Waals surface area (Å²) in [5.41, 5.74) is 1.57. The van der Waals surface area contributed by atoms with Crippen molar-refractivity contribution >= 4 is 69.8 Å². The fraction of sp³-hybridized carbons (Fsp3) is 0.0476. The molecule has 2 N–H and O–H groups in total. The van der Waals surface area contributed by atoms with Crippen molar-refractivity contribution in [3.05, 3.63) is 87.4 Å². The van der Waals surface area contributed by atoms with Crippen LogP contribution in [0.25, 0.3) is 0 Å². The molecule has 0 bridgehead atoms. The Kier molecular flexibility index (Phi) is 7.45. The minimum absolute atomic E-state index is 0.153. The first kappa shape index (κ1) is 21.5. The molecule has 0 aromatic heterocycles. The van der Waals surface area contributed by atoms with E-state index in [4.69, 9.17) is 34.8 Å². The molecule has 3 aromatic rings. The van der Waals surface area contributed by atoms with E-state index in [2.05, 4.69) is 10.6 Å². The van der Waals surface area contributed by atoms with Crippen LogP contribution in [0.3, 0.4) is 0 Å². The van der Waals surface area contributed by atoms with Crippen LogP contribution < -0.4 is 10.6 Å². The van der Waals surface area contributed by atoms with Crippen molar-refractivity contribution in [1.29, 1.82) is 0 Å². The number of anilines is 2. The Morgan fingerprint density at radius 1 is 0.793 bits per heavy atom. The zero-order valence-electron chi connectivity index (χ0n) is 14.9. The van der Waals surface area contributed by atoms with Gasteiger partial charge in [0.1, 0.15) is 0 Å². The third-order valence-electron chi connectivity index (χ3n) is 3.75. The highest BCUT2D eigenvalue weighted by molar-refractivity contribution is 8.00. The molecule has 0 saturated carbocycles. The van der Waals surface area contributed by atoms with E-state index in [-0.39, 0.29) is 22.6 Å². The first-order valence-electron chi connectivity index (χ1n) is 8.45. The van der Waals surface area contributed by atoms with E-state index in [1.165, 1.54) is 17.8 Å². The zero-order valence-corrected chi connectivity index (χ0v) is 18.0. The van der Waals surface area contributed by atoms with Crippen molar-refractivity contribution in [2.24, 2.45) is 0 Å². The average Bonchev–Trinajstić information content (AvgIpc) is 2.66. The van der Waals surface area contributed by atoms with Crippen molar-refractivity contribution < 1.29 is 9.59 Å². The van der Waals surface area contributed by atoms with Gasteiger partial charge in [-0.15, -0.1) is 11.8 Å². The second kappa shape index (κ2) is 10.0. The molecule has 0 saturated heterocycles. The third-order valence-corrected chi connectivity index (χ3v) is 5.52. The minimum Gasteiger partial charge on any atom is -0.325 e. The second-order valence-electron chi connectivity index (χ2n) is 5.95. The van der Waals surface area contributed by atoms with Gasteiger partial charge in [-0.25, -0.2) is 0 Å². The largest absolute Gasteiger partial charge is 0.325 e. The first-order valence-corrected chi connectivity index (χ1v) is 10.6. The molecule has 2 amide bonds. The zero-order chi connectivity index (χ0) is 20.8. The number of hydrogen-bond donors (Lipinski definition) is 2. The van der Waals surface area contributed by atoms with Crippen LogP contribution in [-0.2, 0) is 4.79 Å². The summed E-state index contributed by atoms with van der Waals surface area (Å²) in [6.45, 7) is 0. The third kappa shape index (κ3) is 6.41. The molecule has 0 aliphatic carbocycles. The van der Waals surface area contributed by atoms with E-state index in [1.807, 2.05) is 6.07 Å². The SMILES string of the molecule is O=C(CSc1cccc(NC(=O)c2ccc(Cl)cc2Cl)c1)Nc1cccc(Cl)c1. The summed E-state index contributed by atoms with van der Waals surface area (Å²) in [5, 5.41) is 6.88. The topological polar surface area (TPSA) is 58.2 Å². The second-order valence-corrected chi connectivity index (χ2v) is 8.28. The maximum atomic E-state index is 12.4. The lowest BCUT2D eigenvalue weighted by atomic mass is 10.2. The Hall–Kier alpha value is -2.18. The lowest BCUT2D eigenvalue weighted by Gasteiger charge is -2.09. The normalized spacial score (nSPS) is 10.4. The summed E-state index contributed by atoms with van der Waals surface area (Å²) in [7, 11) is 0. The average molecular weight is 466 g/mol. The quantitative estimate of drug-likeness (QED) is 0.402. The van der Waals surface area contributed by atoms with Crippen LogP contribution in [0.2, 0.25) is 15.1 Å². The number of amides is 2. The first-order chi connectivity index (χ1) is 13.9. The number of rotatable bonds is 6. The van der Waals surface area contributed by atoms with Gasteiger partial charge in [-0.05, 0) is 54.6 Å². The van der Waals surface area contributed by atoms with E-state index in [1.54, 1.807) is 54.6 Å². The maximum absolute atomic E-state index is 12.4. The standard InChI is InChI=1S/C21H15Cl3N2O2S/c22-13-3-1-4-15(9-13)25-20(27)12-29-17-6-2-5-16(11-17)26-21(28)18-8-7-14(23)10-19(18)24/h1-11H,12H2,(H,25,27)(H,26,28). The lowest BCUT2D eigenvalue weighted by molar-refractivity contribution is -0.113. The van der Waals surface area contributed by atoms with Crippen LogP contribution in [0, 0.1) is 0 Å². The molecule has 0 atom stereocenters. The van der Waals surface area contributed by atoms with Crippen LogP contribution in [0.15, 0.2) is 71.6 Å². The van der Waals surface area contributed by atoms with Gasteiger partial charge in [0.25, 0.3) is 5.91 Å². The van der Waals surface area contributed by atoms with Crippen molar-refractivity contribution in [3.63, 3.8) is 0 Å². The highest BCUT2D eigenvalue weighted by Gasteiger charge is 2.12. The number of nitrogens with one attached hydrogen (secondary N) is 2. The monoisotopic (exact) mass is 464 g/mol. The van der Waals surface area contributed by atoms with Crippen LogP contribution in [-0.4, -0.2) is 17.6 Å². The van der Waals surface area contributed by atoms with Gasteiger partial charge in [-0.1, -0.05) is 46.9 Å². The van der Waals surface area contributed by atoms with E-state index < -0.39 is 0 Å². The summed E-state index contributed by atoms with van der Waals surface area (Å²) in [4.78, 5) is 25.4. The predicted octanol–water partition coefficient (Wildman–Crippen LogP) is 6.63. The van der Waals surface area contributed by atoms with Gasteiger partial charge in [-0.2, -0.15) is 0 Å². The molecular formula is C21H15Cl3N2O2S. The summed E-state index contributed by atoms with van der Waals surface area (Å²) < 4.78 is 0. The summed E-state index contributed by atoms with van der Waals surface area (Å²) in [6.07, 6.45) is 0. The molecule has 8 heteroatoms. The number of halogens is 3. The van der Waals surface area contributed by atoms with Crippen molar-refractivity contribution in [2.45, 2.75) is 4.90 Å². The molecule has 4 nitrogen and oxygen atoms in total. The van der Waals surface area contributed by atoms with E-state index in [0.29, 0.717) is 27.0 Å². The molecule has 3 rings (SSSR count). The van der Waals surface area contributed by atoms with Crippen LogP contribution in [0.5, 0.6) is 0 Å². The summed E-state index contributed by atoms with van der Waals surface area (Å²) in [6, 6.07) is 18.9. The molecular weight excluding hydrogens is 451 g/mol. The number of benzene rings is 3. The smallest absolute Gasteiger partial charge is 0.257 e.